The van der Waals surface area contributed by atoms with Gasteiger partial charge in [0.2, 0.25) is 0 Å². The molecule has 4 N–H and O–H groups in total. The highest BCUT2D eigenvalue weighted by molar-refractivity contribution is 5.89. The van der Waals surface area contributed by atoms with Crippen LogP contribution in [-0.2, 0) is 6.54 Å². The van der Waals surface area contributed by atoms with Gasteiger partial charge in [0.1, 0.15) is 0 Å². The molecule has 0 radical (unpaired) electrons. The van der Waals surface area contributed by atoms with E-state index in [1.165, 1.54) is 18.6 Å². The Morgan fingerprint density at radius 3 is 1.69 bits per heavy atom. The van der Waals surface area contributed by atoms with Crippen LogP contribution in [0.15, 0.2) is 48.5 Å². The summed E-state index contributed by atoms with van der Waals surface area (Å²) in [4.78, 5) is 23.9. The molecule has 0 unspecified atom stereocenters. The lowest BCUT2D eigenvalue weighted by Gasteiger charge is -1.97. The predicted octanol–water partition coefficient (Wildman–Crippen LogP) is 6.25. The number of carboxylic acids is 2. The van der Waals surface area contributed by atoms with Crippen molar-refractivity contribution in [2.45, 2.75) is 54.5 Å². The van der Waals surface area contributed by atoms with E-state index in [0.717, 1.165) is 5.56 Å². The highest BCUT2D eigenvalue weighted by Gasteiger charge is 2.01. The van der Waals surface area contributed by atoms with Crippen LogP contribution in [0.4, 0.5) is 5.69 Å². The van der Waals surface area contributed by atoms with Crippen LogP contribution in [0, 0.1) is 6.57 Å². The zero-order valence-corrected chi connectivity index (χ0v) is 18.3. The maximum absolute atomic E-state index is 10.4. The van der Waals surface area contributed by atoms with Crippen molar-refractivity contribution in [2.75, 3.05) is 0 Å². The topological polar surface area (TPSA) is 105 Å². The van der Waals surface area contributed by atoms with Crippen LogP contribution in [0.1, 0.15) is 74.2 Å². The second-order valence-corrected chi connectivity index (χ2v) is 4.88. The van der Waals surface area contributed by atoms with Gasteiger partial charge in [-0.1, -0.05) is 78.3 Å². The lowest BCUT2D eigenvalue weighted by atomic mass is 10.1. The number of carboxylic acid groups (broad SMARTS) is 2. The molecule has 29 heavy (non-hydrogen) atoms. The molecule has 0 heterocycles. The molecule has 0 amide bonds. The van der Waals surface area contributed by atoms with E-state index in [9.17, 15) is 9.59 Å². The predicted molar refractivity (Wildman–Crippen MR) is 120 cm³/mol. The van der Waals surface area contributed by atoms with E-state index in [-0.39, 0.29) is 11.1 Å². The van der Waals surface area contributed by atoms with Gasteiger partial charge >= 0.3 is 11.9 Å². The Bertz CT molecular complexity index is 738. The molecule has 0 saturated carbocycles. The van der Waals surface area contributed by atoms with Gasteiger partial charge in [0.15, 0.2) is 5.69 Å². The molecular weight excluding hydrogens is 368 g/mol. The third kappa shape index (κ3) is 15.6. The van der Waals surface area contributed by atoms with Crippen LogP contribution in [-0.4, -0.2) is 22.2 Å². The summed E-state index contributed by atoms with van der Waals surface area (Å²) in [6, 6.07) is 12.5. The van der Waals surface area contributed by atoms with Crippen LogP contribution in [0.2, 0.25) is 0 Å². The molecule has 0 aromatic heterocycles. The summed E-state index contributed by atoms with van der Waals surface area (Å²) >= 11 is 0. The molecule has 0 spiro atoms. The Balaban J connectivity index is -0.000000357. The molecule has 0 atom stereocenters. The minimum absolute atomic E-state index is 0.151. The molecule has 0 aliphatic heterocycles. The van der Waals surface area contributed by atoms with E-state index in [1.807, 2.05) is 27.7 Å². The number of benzene rings is 2. The van der Waals surface area contributed by atoms with Gasteiger partial charge < -0.3 is 15.9 Å². The summed E-state index contributed by atoms with van der Waals surface area (Å²) in [6.07, 6.45) is 1.25. The minimum Gasteiger partial charge on any atom is -0.478 e. The summed E-state index contributed by atoms with van der Waals surface area (Å²) < 4.78 is 0. The average Bonchev–Trinajstić information content (AvgIpc) is 2.77. The lowest BCUT2D eigenvalue weighted by Crippen LogP contribution is -2.00. The third-order valence-electron chi connectivity index (χ3n) is 2.63. The molecule has 0 fully saturated rings. The monoisotopic (exact) mass is 402 g/mol. The van der Waals surface area contributed by atoms with E-state index in [1.54, 1.807) is 36.4 Å². The molecule has 6 nitrogen and oxygen atoms in total. The fourth-order valence-electron chi connectivity index (χ4n) is 1.54. The quantitative estimate of drug-likeness (QED) is 0.526. The van der Waals surface area contributed by atoms with Gasteiger partial charge in [-0.2, -0.15) is 0 Å². The number of hydrogen-bond donors (Lipinski definition) is 3. The fraction of sp³-hybridized carbons (Fsp3) is 0.348. The molecule has 0 bridgehead atoms. The van der Waals surface area contributed by atoms with Crippen molar-refractivity contribution in [1.29, 1.82) is 0 Å². The van der Waals surface area contributed by atoms with Crippen molar-refractivity contribution < 1.29 is 19.8 Å². The standard InChI is InChI=1S/C8H5NO2.C8H9NO2.C3H8.2C2H6/c1-9-7-4-2-3-6(5-7)8(10)11;9-5-6-2-1-3-7(4-6)8(10)11;1-3-2;2*1-2/h2-5H,(H,10,11);1-4H,5,9H2,(H,10,11);3H2,1-2H3;2*1-2H3. The van der Waals surface area contributed by atoms with E-state index in [4.69, 9.17) is 22.5 Å². The van der Waals surface area contributed by atoms with Gasteiger partial charge in [-0.15, -0.1) is 0 Å². The highest BCUT2D eigenvalue weighted by atomic mass is 16.4. The maximum atomic E-state index is 10.4. The molecule has 0 aliphatic rings. The van der Waals surface area contributed by atoms with Crippen LogP contribution >= 0.6 is 0 Å². The Hall–Kier alpha value is -3.17. The van der Waals surface area contributed by atoms with Gasteiger partial charge in [0, 0.05) is 12.1 Å². The van der Waals surface area contributed by atoms with Crippen molar-refractivity contribution in [1.82, 2.24) is 0 Å². The number of hydrogen-bond acceptors (Lipinski definition) is 3. The Labute approximate surface area is 174 Å². The van der Waals surface area contributed by atoms with Gasteiger partial charge in [0.25, 0.3) is 0 Å². The molecule has 2 rings (SSSR count). The van der Waals surface area contributed by atoms with E-state index >= 15 is 0 Å². The van der Waals surface area contributed by atoms with Gasteiger partial charge in [0.05, 0.1) is 12.1 Å². The van der Waals surface area contributed by atoms with Gasteiger partial charge in [-0.25, -0.2) is 14.4 Å². The van der Waals surface area contributed by atoms with Crippen LogP contribution in [0.5, 0.6) is 0 Å². The summed E-state index contributed by atoms with van der Waals surface area (Å²) in [5, 5.41) is 17.1. The van der Waals surface area contributed by atoms with Crippen molar-refractivity contribution in [2.24, 2.45) is 5.73 Å². The molecule has 2 aromatic carbocycles. The average molecular weight is 403 g/mol. The lowest BCUT2D eigenvalue weighted by molar-refractivity contribution is 0.0686. The molecular formula is C23H34N2O4. The SMILES string of the molecule is CC.CC.CCC.NCc1cccc(C(=O)O)c1.[C-]#[N+]c1cccc(C(=O)O)c1. The first kappa shape index (κ1) is 30.6. The van der Waals surface area contributed by atoms with Gasteiger partial charge in [-0.05, 0) is 23.8 Å². The zero-order valence-electron chi connectivity index (χ0n) is 18.3. The number of rotatable bonds is 3. The molecule has 2 aromatic rings. The third-order valence-corrected chi connectivity index (χ3v) is 2.63. The summed E-state index contributed by atoms with van der Waals surface area (Å²) in [5.41, 5.74) is 6.95. The molecule has 6 heteroatoms. The largest absolute Gasteiger partial charge is 0.478 e. The van der Waals surface area contributed by atoms with Gasteiger partial charge in [-0.3, -0.25) is 0 Å². The summed E-state index contributed by atoms with van der Waals surface area (Å²) in [5.74, 6) is -1.92. The first-order valence-corrected chi connectivity index (χ1v) is 9.62. The van der Waals surface area contributed by atoms with E-state index in [0.29, 0.717) is 12.2 Å². The number of nitrogens with zero attached hydrogens (tertiary/aromatic N) is 1. The number of carbonyl (C=O) groups is 2. The van der Waals surface area contributed by atoms with Crippen molar-refractivity contribution >= 4 is 17.6 Å². The smallest absolute Gasteiger partial charge is 0.335 e. The normalized spacial score (nSPS) is 7.93. The van der Waals surface area contributed by atoms with E-state index < -0.39 is 11.9 Å². The molecule has 160 valence electrons. The molecule has 0 saturated heterocycles. The van der Waals surface area contributed by atoms with Crippen LogP contribution in [0.3, 0.4) is 0 Å². The highest BCUT2D eigenvalue weighted by Crippen LogP contribution is 2.13. The van der Waals surface area contributed by atoms with Crippen LogP contribution < -0.4 is 5.73 Å². The van der Waals surface area contributed by atoms with Crippen molar-refractivity contribution in [3.8, 4) is 0 Å². The Kier molecular flexibility index (Phi) is 22.3. The van der Waals surface area contributed by atoms with Crippen LogP contribution in [0.25, 0.3) is 4.85 Å². The minimum atomic E-state index is -1.00. The summed E-state index contributed by atoms with van der Waals surface area (Å²) in [7, 11) is 0. The van der Waals surface area contributed by atoms with Crippen molar-refractivity contribution in [3.05, 3.63) is 76.6 Å². The second-order valence-electron chi connectivity index (χ2n) is 4.88. The second kappa shape index (κ2) is 21.1. The summed E-state index contributed by atoms with van der Waals surface area (Å²) in [6.45, 7) is 19.2. The van der Waals surface area contributed by atoms with E-state index in [2.05, 4.69) is 18.7 Å². The molecule has 0 aliphatic carbocycles. The Morgan fingerprint density at radius 2 is 1.31 bits per heavy atom. The van der Waals surface area contributed by atoms with Crippen molar-refractivity contribution in [3.63, 3.8) is 0 Å². The number of nitrogens with two attached hydrogens (primary N) is 1. The fourth-order valence-corrected chi connectivity index (χ4v) is 1.54. The first-order valence-electron chi connectivity index (χ1n) is 9.62. The zero-order chi connectivity index (χ0) is 23.2. The maximum Gasteiger partial charge on any atom is 0.335 e. The first-order chi connectivity index (χ1) is 13.9. The Morgan fingerprint density at radius 1 is 0.897 bits per heavy atom. The number of aromatic carboxylic acids is 2.